The molecule has 7 heteroatoms. The van der Waals surface area contributed by atoms with Crippen molar-refractivity contribution in [2.24, 2.45) is 0 Å². The first-order chi connectivity index (χ1) is 13.3. The number of nitrogens with one attached hydrogen (secondary N) is 1. The summed E-state index contributed by atoms with van der Waals surface area (Å²) in [5.41, 5.74) is 2.69. The number of rotatable bonds is 8. The van der Waals surface area contributed by atoms with E-state index in [0.29, 0.717) is 29.8 Å². The van der Waals surface area contributed by atoms with Crippen molar-refractivity contribution < 1.29 is 19.1 Å². The fraction of sp³-hybridized carbons (Fsp3) is 0.429. The van der Waals surface area contributed by atoms with Gasteiger partial charge in [-0.15, -0.1) is 0 Å². The molecule has 0 aliphatic carbocycles. The minimum atomic E-state index is -0.663. The number of aromatic amines is 1. The second-order valence-electron chi connectivity index (χ2n) is 6.67. The molecule has 0 fully saturated rings. The van der Waals surface area contributed by atoms with Crippen LogP contribution in [0.5, 0.6) is 0 Å². The average Bonchev–Trinajstić information content (AvgIpc) is 2.96. The van der Waals surface area contributed by atoms with Crippen LogP contribution < -0.4 is 0 Å². The van der Waals surface area contributed by atoms with Gasteiger partial charge in [0.05, 0.1) is 12.6 Å². The third kappa shape index (κ3) is 4.65. The van der Waals surface area contributed by atoms with E-state index in [9.17, 15) is 14.4 Å². The molecule has 28 heavy (non-hydrogen) atoms. The fourth-order valence-electron chi connectivity index (χ4n) is 3.28. The molecule has 1 atom stereocenters. The zero-order valence-corrected chi connectivity index (χ0v) is 17.0. The van der Waals surface area contributed by atoms with Gasteiger partial charge in [-0.3, -0.25) is 14.6 Å². The maximum Gasteiger partial charge on any atom is 0.355 e. The Morgan fingerprint density at radius 3 is 2.54 bits per heavy atom. The molecule has 1 amide bonds. The summed E-state index contributed by atoms with van der Waals surface area (Å²) in [7, 11) is 0. The third-order valence-electron chi connectivity index (χ3n) is 4.75. The number of ether oxygens (including phenoxy) is 1. The van der Waals surface area contributed by atoms with Gasteiger partial charge in [-0.1, -0.05) is 6.07 Å². The zero-order chi connectivity index (χ0) is 20.8. The molecular weight excluding hydrogens is 358 g/mol. The molecule has 2 aromatic heterocycles. The lowest BCUT2D eigenvalue weighted by molar-refractivity contribution is -0.130. The van der Waals surface area contributed by atoms with Crippen LogP contribution in [0.1, 0.15) is 58.6 Å². The Balaban J connectivity index is 2.23. The average molecular weight is 385 g/mol. The van der Waals surface area contributed by atoms with E-state index in [1.165, 1.54) is 11.8 Å². The van der Waals surface area contributed by atoms with Gasteiger partial charge in [-0.25, -0.2) is 4.79 Å². The molecule has 150 valence electrons. The van der Waals surface area contributed by atoms with Crippen molar-refractivity contribution in [2.75, 3.05) is 13.2 Å². The van der Waals surface area contributed by atoms with Gasteiger partial charge in [0, 0.05) is 43.0 Å². The van der Waals surface area contributed by atoms with Gasteiger partial charge in [0.1, 0.15) is 5.69 Å². The van der Waals surface area contributed by atoms with E-state index in [-0.39, 0.29) is 24.0 Å². The first-order valence-corrected chi connectivity index (χ1v) is 9.35. The summed E-state index contributed by atoms with van der Waals surface area (Å²) >= 11 is 0. The molecule has 0 saturated carbocycles. The predicted molar refractivity (Wildman–Crippen MR) is 105 cm³/mol. The van der Waals surface area contributed by atoms with Crippen LogP contribution in [0.2, 0.25) is 0 Å². The summed E-state index contributed by atoms with van der Waals surface area (Å²) in [5.74, 6) is -0.889. The summed E-state index contributed by atoms with van der Waals surface area (Å²) in [6, 6.07) is 4.94. The van der Waals surface area contributed by atoms with E-state index >= 15 is 0 Å². The van der Waals surface area contributed by atoms with Gasteiger partial charge in [-0.2, -0.15) is 0 Å². The number of pyridine rings is 1. The number of hydrogen-bond donors (Lipinski definition) is 1. The van der Waals surface area contributed by atoms with Gasteiger partial charge >= 0.3 is 5.97 Å². The largest absolute Gasteiger partial charge is 0.461 e. The van der Waals surface area contributed by atoms with E-state index in [0.717, 1.165) is 5.69 Å². The van der Waals surface area contributed by atoms with Crippen molar-refractivity contribution in [2.45, 2.75) is 47.1 Å². The lowest BCUT2D eigenvalue weighted by Gasteiger charge is -2.27. The number of carbonyl (C=O) groups excluding carboxylic acids is 3. The lowest BCUT2D eigenvalue weighted by Crippen LogP contribution is -2.43. The van der Waals surface area contributed by atoms with Crippen LogP contribution in [0.3, 0.4) is 0 Å². The number of hydrogen-bond acceptors (Lipinski definition) is 5. The van der Waals surface area contributed by atoms with Crippen LogP contribution in [0.25, 0.3) is 0 Å². The predicted octanol–water partition coefficient (Wildman–Crippen LogP) is 2.87. The molecule has 0 spiro atoms. The summed E-state index contributed by atoms with van der Waals surface area (Å²) in [6.07, 6.45) is 2.25. The Morgan fingerprint density at radius 1 is 1.25 bits per heavy atom. The molecule has 2 heterocycles. The summed E-state index contributed by atoms with van der Waals surface area (Å²) in [6.45, 7) is 8.96. The van der Waals surface area contributed by atoms with E-state index in [1.54, 1.807) is 33.9 Å². The standard InChI is InChI=1S/C21H27N3O4/c1-6-28-21(27)19-13(2)18(14(3)23-19)20(26)15(4)24(16(5)25)12-10-17-9-7-8-11-22-17/h7-9,11,15,23H,6,10,12H2,1-5H3. The third-order valence-corrected chi connectivity index (χ3v) is 4.75. The molecular formula is C21H27N3O4. The van der Waals surface area contributed by atoms with E-state index in [1.807, 2.05) is 18.2 Å². The van der Waals surface area contributed by atoms with Crippen molar-refractivity contribution in [3.8, 4) is 0 Å². The zero-order valence-electron chi connectivity index (χ0n) is 17.0. The molecule has 1 unspecified atom stereocenters. The lowest BCUT2D eigenvalue weighted by atomic mass is 9.99. The number of aryl methyl sites for hydroxylation is 1. The minimum Gasteiger partial charge on any atom is -0.461 e. The number of ketones is 1. The van der Waals surface area contributed by atoms with Crippen LogP contribution in [0.4, 0.5) is 0 Å². The highest BCUT2D eigenvalue weighted by Gasteiger charge is 2.30. The van der Waals surface area contributed by atoms with E-state index in [4.69, 9.17) is 4.74 Å². The van der Waals surface area contributed by atoms with Gasteiger partial charge in [0.2, 0.25) is 5.91 Å². The molecule has 0 aliphatic heterocycles. The first-order valence-electron chi connectivity index (χ1n) is 9.35. The van der Waals surface area contributed by atoms with Crippen molar-refractivity contribution in [1.82, 2.24) is 14.9 Å². The minimum absolute atomic E-state index is 0.187. The molecule has 2 rings (SSSR count). The molecule has 7 nitrogen and oxygen atoms in total. The SMILES string of the molecule is CCOC(=O)c1[nH]c(C)c(C(=O)C(C)N(CCc2ccccn2)C(C)=O)c1C. The van der Waals surface area contributed by atoms with Crippen LogP contribution in [-0.2, 0) is 16.0 Å². The van der Waals surface area contributed by atoms with Crippen molar-refractivity contribution in [1.29, 1.82) is 0 Å². The van der Waals surface area contributed by atoms with Gasteiger partial charge in [0.15, 0.2) is 5.78 Å². The number of Topliss-reactive ketones (excluding diaryl/α,β-unsaturated/α-hetero) is 1. The Morgan fingerprint density at radius 2 is 1.96 bits per heavy atom. The summed E-state index contributed by atoms with van der Waals surface area (Å²) in [4.78, 5) is 46.2. The Hall–Kier alpha value is -2.96. The van der Waals surface area contributed by atoms with E-state index in [2.05, 4.69) is 9.97 Å². The Kier molecular flexibility index (Phi) is 7.09. The highest BCUT2D eigenvalue weighted by atomic mass is 16.5. The monoisotopic (exact) mass is 385 g/mol. The van der Waals surface area contributed by atoms with Crippen molar-refractivity contribution in [3.63, 3.8) is 0 Å². The molecule has 1 N–H and O–H groups in total. The van der Waals surface area contributed by atoms with Crippen LogP contribution in [0, 0.1) is 13.8 Å². The van der Waals surface area contributed by atoms with Crippen LogP contribution in [-0.4, -0.2) is 51.7 Å². The first kappa shape index (κ1) is 21.3. The van der Waals surface area contributed by atoms with Gasteiger partial charge in [0.25, 0.3) is 0 Å². The fourth-order valence-corrected chi connectivity index (χ4v) is 3.28. The topological polar surface area (TPSA) is 92.4 Å². The molecule has 0 aliphatic rings. The second-order valence-corrected chi connectivity index (χ2v) is 6.67. The van der Waals surface area contributed by atoms with Crippen LogP contribution in [0.15, 0.2) is 24.4 Å². The Labute approximate surface area is 165 Å². The normalized spacial score (nSPS) is 11.8. The number of H-pyrrole nitrogens is 1. The molecule has 0 saturated heterocycles. The van der Waals surface area contributed by atoms with E-state index < -0.39 is 12.0 Å². The van der Waals surface area contributed by atoms with Gasteiger partial charge < -0.3 is 14.6 Å². The smallest absolute Gasteiger partial charge is 0.355 e. The Bertz CT molecular complexity index is 858. The molecule has 0 radical (unpaired) electrons. The van der Waals surface area contributed by atoms with Crippen molar-refractivity contribution >= 4 is 17.7 Å². The highest BCUT2D eigenvalue weighted by Crippen LogP contribution is 2.22. The maximum atomic E-state index is 13.2. The summed E-state index contributed by atoms with van der Waals surface area (Å²) < 4.78 is 5.04. The van der Waals surface area contributed by atoms with Gasteiger partial charge in [-0.05, 0) is 45.4 Å². The quantitative estimate of drug-likeness (QED) is 0.557. The highest BCUT2D eigenvalue weighted by molar-refractivity contribution is 6.06. The summed E-state index contributed by atoms with van der Waals surface area (Å²) in [5, 5.41) is 0. The van der Waals surface area contributed by atoms with Crippen LogP contribution >= 0.6 is 0 Å². The second kappa shape index (κ2) is 9.30. The van der Waals surface area contributed by atoms with Crippen molar-refractivity contribution in [3.05, 3.63) is 52.6 Å². The number of aromatic nitrogens is 2. The molecule has 0 aromatic carbocycles. The number of carbonyl (C=O) groups is 3. The number of esters is 1. The maximum absolute atomic E-state index is 13.2. The number of nitrogens with zero attached hydrogens (tertiary/aromatic N) is 2. The molecule has 2 aromatic rings. The number of amides is 1. The molecule has 0 bridgehead atoms.